The van der Waals surface area contributed by atoms with Gasteiger partial charge in [0.15, 0.2) is 0 Å². The van der Waals surface area contributed by atoms with Crippen LogP contribution in [0.3, 0.4) is 0 Å². The lowest BCUT2D eigenvalue weighted by atomic mass is 9.64. The molecule has 3 heteroatoms. The van der Waals surface area contributed by atoms with E-state index in [9.17, 15) is 0 Å². The van der Waals surface area contributed by atoms with Crippen LogP contribution >= 0.6 is 0 Å². The Morgan fingerprint density at radius 2 is 1.59 bits per heavy atom. The Kier molecular flexibility index (Phi) is 4.03. The fraction of sp³-hybridized carbons (Fsp3) is 1.00. The third-order valence-electron chi connectivity index (χ3n) is 8.08. The fourth-order valence-electron chi connectivity index (χ4n) is 7.25. The van der Waals surface area contributed by atoms with Gasteiger partial charge < -0.3 is 17.2 Å². The van der Waals surface area contributed by atoms with Gasteiger partial charge in [0.05, 0.1) is 0 Å². The van der Waals surface area contributed by atoms with Crippen molar-refractivity contribution in [2.75, 3.05) is 0 Å². The lowest BCUT2D eigenvalue weighted by Crippen LogP contribution is -2.48. The summed E-state index contributed by atoms with van der Waals surface area (Å²) < 4.78 is 0. The van der Waals surface area contributed by atoms with E-state index in [1.807, 2.05) is 0 Å². The number of rotatable bonds is 2. The van der Waals surface area contributed by atoms with Crippen LogP contribution in [0.2, 0.25) is 0 Å². The number of hydrogen-bond donors (Lipinski definition) is 3. The van der Waals surface area contributed by atoms with E-state index in [-0.39, 0.29) is 0 Å². The zero-order valence-corrected chi connectivity index (χ0v) is 14.2. The summed E-state index contributed by atoms with van der Waals surface area (Å²) in [6, 6.07) is 1.15. The molecule has 4 aliphatic carbocycles. The smallest absolute Gasteiger partial charge is 0.0116 e. The molecule has 4 rings (SSSR count). The highest BCUT2D eigenvalue weighted by molar-refractivity contribution is 5.10. The fourth-order valence-corrected chi connectivity index (χ4v) is 7.25. The summed E-state index contributed by atoms with van der Waals surface area (Å²) in [5.74, 6) is 5.50. The van der Waals surface area contributed by atoms with Crippen molar-refractivity contribution in [1.29, 1.82) is 0 Å². The maximum Gasteiger partial charge on any atom is 0.0116 e. The molecule has 10 unspecified atom stereocenters. The number of nitrogens with two attached hydrogens (primary N) is 3. The average molecular weight is 306 g/mol. The Labute approximate surface area is 135 Å². The molecule has 0 aliphatic heterocycles. The Morgan fingerprint density at radius 1 is 0.773 bits per heavy atom. The molecule has 6 N–H and O–H groups in total. The number of fused-ring (bicyclic) bond motifs is 4. The van der Waals surface area contributed by atoms with Crippen LogP contribution < -0.4 is 17.2 Å². The van der Waals surface area contributed by atoms with Crippen molar-refractivity contribution in [3.8, 4) is 0 Å². The second-order valence-corrected chi connectivity index (χ2v) is 9.07. The molecule has 4 saturated carbocycles. The zero-order chi connectivity index (χ0) is 15.4. The normalized spacial score (nSPS) is 57.3. The summed E-state index contributed by atoms with van der Waals surface area (Å²) in [6.45, 7) is 2.31. The highest BCUT2D eigenvalue weighted by atomic mass is 14.8. The third kappa shape index (κ3) is 2.27. The quantitative estimate of drug-likeness (QED) is 0.733. The maximum absolute atomic E-state index is 6.76. The molecule has 0 aromatic rings. The topological polar surface area (TPSA) is 78.1 Å². The molecular weight excluding hydrogens is 270 g/mol. The maximum atomic E-state index is 6.76. The van der Waals surface area contributed by atoms with E-state index in [0.717, 1.165) is 29.6 Å². The standard InChI is InChI=1S/C19H35N3/c1-2-3-10-6-14-13-8-11-4-5-16(20)12(11)9-15(13)19(22)18(14)17(21)7-10/h10-19H,2-9,20-22H2,1H3. The predicted octanol–water partition coefficient (Wildman–Crippen LogP) is 2.48. The average Bonchev–Trinajstić information content (AvgIpc) is 2.98. The molecule has 0 aromatic carbocycles. The van der Waals surface area contributed by atoms with Crippen LogP contribution in [0.25, 0.3) is 0 Å². The largest absolute Gasteiger partial charge is 0.327 e. The van der Waals surface area contributed by atoms with Crippen LogP contribution in [0.15, 0.2) is 0 Å². The molecule has 0 aromatic heterocycles. The molecule has 4 aliphatic rings. The Balaban J connectivity index is 1.55. The Morgan fingerprint density at radius 3 is 2.36 bits per heavy atom. The van der Waals surface area contributed by atoms with Crippen molar-refractivity contribution in [1.82, 2.24) is 0 Å². The van der Waals surface area contributed by atoms with Gasteiger partial charge in [0.1, 0.15) is 0 Å². The van der Waals surface area contributed by atoms with Gasteiger partial charge in [0.25, 0.3) is 0 Å². The van der Waals surface area contributed by atoms with Gasteiger partial charge in [-0.2, -0.15) is 0 Å². The highest BCUT2D eigenvalue weighted by Crippen LogP contribution is 2.59. The summed E-state index contributed by atoms with van der Waals surface area (Å²) >= 11 is 0. The van der Waals surface area contributed by atoms with Crippen molar-refractivity contribution in [3.63, 3.8) is 0 Å². The van der Waals surface area contributed by atoms with Crippen LogP contribution in [0.4, 0.5) is 0 Å². The molecule has 22 heavy (non-hydrogen) atoms. The van der Waals surface area contributed by atoms with Crippen LogP contribution in [-0.4, -0.2) is 18.1 Å². The highest BCUT2D eigenvalue weighted by Gasteiger charge is 2.57. The van der Waals surface area contributed by atoms with Gasteiger partial charge in [0.2, 0.25) is 0 Å². The SMILES string of the molecule is CCCC1CC(N)C2C(N)C3CC4C(N)CCC4CC3C2C1. The van der Waals surface area contributed by atoms with Crippen molar-refractivity contribution in [2.45, 2.75) is 76.4 Å². The molecule has 10 atom stereocenters. The molecule has 0 amide bonds. The first kappa shape index (κ1) is 15.4. The van der Waals surface area contributed by atoms with E-state index in [4.69, 9.17) is 17.2 Å². The molecule has 126 valence electrons. The second-order valence-electron chi connectivity index (χ2n) is 9.07. The summed E-state index contributed by atoms with van der Waals surface area (Å²) in [7, 11) is 0. The third-order valence-corrected chi connectivity index (χ3v) is 8.08. The van der Waals surface area contributed by atoms with E-state index in [0.29, 0.717) is 30.0 Å². The van der Waals surface area contributed by atoms with Gasteiger partial charge in [-0.3, -0.25) is 0 Å². The van der Waals surface area contributed by atoms with Crippen LogP contribution in [0, 0.1) is 41.4 Å². The summed E-state index contributed by atoms with van der Waals surface area (Å²) in [6.07, 6.45) is 10.6. The first-order valence-corrected chi connectivity index (χ1v) is 9.86. The van der Waals surface area contributed by atoms with Gasteiger partial charge in [-0.25, -0.2) is 0 Å². The predicted molar refractivity (Wildman–Crippen MR) is 91.0 cm³/mol. The minimum atomic E-state index is 0.348. The van der Waals surface area contributed by atoms with Crippen molar-refractivity contribution in [3.05, 3.63) is 0 Å². The minimum absolute atomic E-state index is 0.348. The summed E-state index contributed by atoms with van der Waals surface area (Å²) in [5.41, 5.74) is 19.8. The zero-order valence-electron chi connectivity index (χ0n) is 14.2. The number of hydrogen-bond acceptors (Lipinski definition) is 3. The molecular formula is C19H35N3. The van der Waals surface area contributed by atoms with E-state index in [1.54, 1.807) is 0 Å². The summed E-state index contributed by atoms with van der Waals surface area (Å²) in [5, 5.41) is 0. The first-order valence-electron chi connectivity index (χ1n) is 9.86. The lowest BCUT2D eigenvalue weighted by molar-refractivity contribution is 0.0886. The Bertz CT molecular complexity index is 411. The van der Waals surface area contributed by atoms with Gasteiger partial charge in [-0.15, -0.1) is 0 Å². The first-order chi connectivity index (χ1) is 10.6. The molecule has 0 bridgehead atoms. The van der Waals surface area contributed by atoms with Gasteiger partial charge >= 0.3 is 0 Å². The molecule has 4 fully saturated rings. The molecule has 0 saturated heterocycles. The molecule has 0 spiro atoms. The van der Waals surface area contributed by atoms with Crippen LogP contribution in [0.5, 0.6) is 0 Å². The van der Waals surface area contributed by atoms with Gasteiger partial charge in [-0.05, 0) is 80.0 Å². The minimum Gasteiger partial charge on any atom is -0.327 e. The molecule has 0 radical (unpaired) electrons. The summed E-state index contributed by atoms with van der Waals surface area (Å²) in [4.78, 5) is 0. The van der Waals surface area contributed by atoms with Gasteiger partial charge in [-0.1, -0.05) is 19.8 Å². The monoisotopic (exact) mass is 305 g/mol. The Hall–Kier alpha value is -0.120. The molecule has 3 nitrogen and oxygen atoms in total. The van der Waals surface area contributed by atoms with E-state index in [2.05, 4.69) is 6.92 Å². The molecule has 0 heterocycles. The lowest BCUT2D eigenvalue weighted by Gasteiger charge is -2.42. The second kappa shape index (κ2) is 5.75. The van der Waals surface area contributed by atoms with Crippen LogP contribution in [0.1, 0.15) is 58.3 Å². The van der Waals surface area contributed by atoms with Crippen LogP contribution in [-0.2, 0) is 0 Å². The van der Waals surface area contributed by atoms with E-state index < -0.39 is 0 Å². The van der Waals surface area contributed by atoms with Crippen molar-refractivity contribution in [2.24, 2.45) is 58.6 Å². The van der Waals surface area contributed by atoms with E-state index >= 15 is 0 Å². The van der Waals surface area contributed by atoms with Crippen molar-refractivity contribution < 1.29 is 0 Å². The van der Waals surface area contributed by atoms with Gasteiger partial charge in [0, 0.05) is 18.1 Å². The van der Waals surface area contributed by atoms with E-state index in [1.165, 1.54) is 51.4 Å². The van der Waals surface area contributed by atoms with Crippen molar-refractivity contribution >= 4 is 0 Å².